The first-order valence-electron chi connectivity index (χ1n) is 9.49. The average Bonchev–Trinajstić information content (AvgIpc) is 3.46. The summed E-state index contributed by atoms with van der Waals surface area (Å²) in [4.78, 5) is 34.2. The van der Waals surface area contributed by atoms with Crippen molar-refractivity contribution in [3.05, 3.63) is 63.2 Å². The molecule has 1 N–H and O–H groups in total. The molecule has 1 saturated carbocycles. The summed E-state index contributed by atoms with van der Waals surface area (Å²) in [6.45, 7) is 5.39. The van der Waals surface area contributed by atoms with Gasteiger partial charge in [-0.25, -0.2) is 4.79 Å². The van der Waals surface area contributed by atoms with Gasteiger partial charge in [0.05, 0.1) is 4.92 Å². The molecule has 8 nitrogen and oxygen atoms in total. The molecule has 0 bridgehead atoms. The van der Waals surface area contributed by atoms with Crippen molar-refractivity contribution in [2.75, 3.05) is 5.32 Å². The number of nitro benzene ring substituents is 1. The number of nitro groups is 1. The summed E-state index contributed by atoms with van der Waals surface area (Å²) in [6.07, 6.45) is 4.07. The Labute approximate surface area is 172 Å². The second kappa shape index (κ2) is 8.48. The highest BCUT2D eigenvalue weighted by Crippen LogP contribution is 2.38. The number of halogens is 1. The number of benzene rings is 1. The zero-order valence-corrected chi connectivity index (χ0v) is 16.8. The van der Waals surface area contributed by atoms with Crippen LogP contribution in [0, 0.1) is 29.8 Å². The first-order chi connectivity index (χ1) is 14.2. The van der Waals surface area contributed by atoms with Crippen LogP contribution in [-0.2, 0) is 14.3 Å². The van der Waals surface area contributed by atoms with Crippen LogP contribution >= 0.6 is 0 Å². The molecule has 0 aliphatic heterocycles. The Morgan fingerprint density at radius 1 is 1.33 bits per heavy atom. The molecule has 1 aromatic carbocycles. The summed E-state index contributed by atoms with van der Waals surface area (Å²) >= 11 is 0. The molecule has 30 heavy (non-hydrogen) atoms. The van der Waals surface area contributed by atoms with Gasteiger partial charge in [0.15, 0.2) is 6.10 Å². The van der Waals surface area contributed by atoms with E-state index in [0.717, 1.165) is 41.9 Å². The smallest absolute Gasteiger partial charge is 0.331 e. The molecule has 1 fully saturated rings. The van der Waals surface area contributed by atoms with Crippen molar-refractivity contribution >= 4 is 29.3 Å². The average molecular weight is 415 g/mol. The number of aryl methyl sites for hydroxylation is 1. The third kappa shape index (κ3) is 4.73. The molecular formula is C21H22FN3O5. The van der Waals surface area contributed by atoms with Crippen LogP contribution in [0.1, 0.15) is 42.8 Å². The van der Waals surface area contributed by atoms with E-state index in [1.54, 1.807) is 6.08 Å². The number of anilines is 1. The van der Waals surface area contributed by atoms with Gasteiger partial charge in [-0.05, 0) is 63.5 Å². The lowest BCUT2D eigenvalue weighted by Gasteiger charge is -2.12. The van der Waals surface area contributed by atoms with Gasteiger partial charge in [0.1, 0.15) is 0 Å². The Morgan fingerprint density at radius 3 is 2.67 bits per heavy atom. The molecule has 2 aromatic rings. The summed E-state index contributed by atoms with van der Waals surface area (Å²) in [5.74, 6) is -2.40. The number of esters is 1. The van der Waals surface area contributed by atoms with E-state index >= 15 is 0 Å². The van der Waals surface area contributed by atoms with Crippen LogP contribution in [0.15, 0.2) is 30.3 Å². The number of hydrogen-bond acceptors (Lipinski definition) is 5. The molecule has 0 unspecified atom stereocenters. The Kier molecular flexibility index (Phi) is 6.00. The van der Waals surface area contributed by atoms with Crippen LogP contribution in [0.2, 0.25) is 0 Å². The second-order valence-corrected chi connectivity index (χ2v) is 7.25. The normalized spacial score (nSPS) is 14.5. The van der Waals surface area contributed by atoms with Crippen LogP contribution < -0.4 is 5.32 Å². The standard InChI is InChI=1S/C21H22FN3O5/c1-12-10-15(13(2)24(12)17-6-7-17)4-9-20(26)30-14(3)21(27)23-16-5-8-18(22)19(11-16)25(28)29/h4-5,8-11,14,17H,6-7H2,1-3H3,(H,23,27)/b9-4+/t14-/m0/s1. The predicted octanol–water partition coefficient (Wildman–Crippen LogP) is 4.07. The number of aromatic nitrogens is 1. The minimum Gasteiger partial charge on any atom is -0.449 e. The Bertz CT molecular complexity index is 1040. The Balaban J connectivity index is 1.59. The molecule has 1 aliphatic carbocycles. The van der Waals surface area contributed by atoms with Gasteiger partial charge >= 0.3 is 11.7 Å². The third-order valence-corrected chi connectivity index (χ3v) is 4.91. The van der Waals surface area contributed by atoms with Gasteiger partial charge in [-0.2, -0.15) is 4.39 Å². The highest BCUT2D eigenvalue weighted by Gasteiger charge is 2.26. The summed E-state index contributed by atoms with van der Waals surface area (Å²) in [5.41, 5.74) is 2.38. The first kappa shape index (κ1) is 21.2. The maximum Gasteiger partial charge on any atom is 0.331 e. The van der Waals surface area contributed by atoms with Gasteiger partial charge in [0.2, 0.25) is 5.82 Å². The fraction of sp³-hybridized carbons (Fsp3) is 0.333. The highest BCUT2D eigenvalue weighted by atomic mass is 19.1. The Morgan fingerprint density at radius 2 is 2.03 bits per heavy atom. The van der Waals surface area contributed by atoms with Crippen molar-refractivity contribution in [3.63, 3.8) is 0 Å². The molecule has 3 rings (SSSR count). The Hall–Kier alpha value is -3.49. The topological polar surface area (TPSA) is 103 Å². The van der Waals surface area contributed by atoms with Gasteiger partial charge in [-0.1, -0.05) is 0 Å². The zero-order chi connectivity index (χ0) is 22.0. The van der Waals surface area contributed by atoms with Crippen molar-refractivity contribution < 1.29 is 23.6 Å². The monoisotopic (exact) mass is 415 g/mol. The maximum absolute atomic E-state index is 13.4. The summed E-state index contributed by atoms with van der Waals surface area (Å²) < 4.78 is 20.7. The lowest BCUT2D eigenvalue weighted by molar-refractivity contribution is -0.387. The zero-order valence-electron chi connectivity index (χ0n) is 16.8. The van der Waals surface area contributed by atoms with Crippen LogP contribution in [0.5, 0.6) is 0 Å². The van der Waals surface area contributed by atoms with Crippen molar-refractivity contribution in [1.82, 2.24) is 4.57 Å². The van der Waals surface area contributed by atoms with Gasteiger partial charge in [0.25, 0.3) is 5.91 Å². The van der Waals surface area contributed by atoms with Crippen LogP contribution in [0.4, 0.5) is 15.8 Å². The SMILES string of the molecule is Cc1cc(/C=C/C(=O)O[C@@H](C)C(=O)Nc2ccc(F)c([N+](=O)[O-])c2)c(C)n1C1CC1. The molecule has 1 amide bonds. The van der Waals surface area contributed by atoms with E-state index in [1.165, 1.54) is 19.1 Å². The quantitative estimate of drug-likeness (QED) is 0.318. The van der Waals surface area contributed by atoms with E-state index in [0.29, 0.717) is 6.04 Å². The van der Waals surface area contributed by atoms with Crippen molar-refractivity contribution in [2.45, 2.75) is 45.8 Å². The van der Waals surface area contributed by atoms with Crippen molar-refractivity contribution in [2.24, 2.45) is 0 Å². The number of rotatable bonds is 7. The number of nitrogens with one attached hydrogen (secondary N) is 1. The van der Waals surface area contributed by atoms with E-state index in [-0.39, 0.29) is 5.69 Å². The number of carbonyl (C=O) groups is 2. The summed E-state index contributed by atoms with van der Waals surface area (Å²) in [5, 5.41) is 13.2. The molecule has 0 spiro atoms. The molecule has 1 atom stereocenters. The van der Waals surface area contributed by atoms with Crippen LogP contribution in [-0.4, -0.2) is 27.5 Å². The number of carbonyl (C=O) groups excluding carboxylic acids is 2. The van der Waals surface area contributed by atoms with Gasteiger partial charge in [-0.3, -0.25) is 14.9 Å². The van der Waals surface area contributed by atoms with E-state index in [2.05, 4.69) is 9.88 Å². The number of amides is 1. The van der Waals surface area contributed by atoms with E-state index in [4.69, 9.17) is 4.74 Å². The molecule has 1 heterocycles. The fourth-order valence-electron chi connectivity index (χ4n) is 3.27. The van der Waals surface area contributed by atoms with Crippen LogP contribution in [0.3, 0.4) is 0 Å². The number of ether oxygens (including phenoxy) is 1. The van der Waals surface area contributed by atoms with Crippen molar-refractivity contribution in [3.8, 4) is 0 Å². The maximum atomic E-state index is 13.4. The van der Waals surface area contributed by atoms with Crippen LogP contribution in [0.25, 0.3) is 6.08 Å². The third-order valence-electron chi connectivity index (χ3n) is 4.91. The van der Waals surface area contributed by atoms with Gasteiger partial charge in [0, 0.05) is 35.3 Å². The minimum atomic E-state index is -1.15. The largest absolute Gasteiger partial charge is 0.449 e. The van der Waals surface area contributed by atoms with Gasteiger partial charge in [-0.15, -0.1) is 0 Å². The lowest BCUT2D eigenvalue weighted by Crippen LogP contribution is -2.29. The van der Waals surface area contributed by atoms with Gasteiger partial charge < -0.3 is 14.6 Å². The number of hydrogen-bond donors (Lipinski definition) is 1. The highest BCUT2D eigenvalue weighted by molar-refractivity contribution is 5.96. The van der Waals surface area contributed by atoms with E-state index < -0.39 is 34.4 Å². The number of nitrogens with zero attached hydrogens (tertiary/aromatic N) is 2. The molecular weight excluding hydrogens is 393 g/mol. The lowest BCUT2D eigenvalue weighted by atomic mass is 10.2. The predicted molar refractivity (Wildman–Crippen MR) is 108 cm³/mol. The second-order valence-electron chi connectivity index (χ2n) is 7.25. The summed E-state index contributed by atoms with van der Waals surface area (Å²) in [7, 11) is 0. The minimum absolute atomic E-state index is 0.0269. The molecule has 0 saturated heterocycles. The molecule has 0 radical (unpaired) electrons. The molecule has 1 aliphatic rings. The first-order valence-corrected chi connectivity index (χ1v) is 9.49. The summed E-state index contributed by atoms with van der Waals surface area (Å²) in [6, 6.07) is 5.49. The van der Waals surface area contributed by atoms with Crippen molar-refractivity contribution in [1.29, 1.82) is 0 Å². The molecule has 9 heteroatoms. The van der Waals surface area contributed by atoms with E-state index in [1.807, 2.05) is 19.9 Å². The fourth-order valence-corrected chi connectivity index (χ4v) is 3.27. The molecule has 158 valence electrons. The molecule has 1 aromatic heterocycles. The van der Waals surface area contributed by atoms with E-state index in [9.17, 15) is 24.1 Å².